The van der Waals surface area contributed by atoms with Gasteiger partial charge in [0.05, 0.1) is 27.9 Å². The van der Waals surface area contributed by atoms with Gasteiger partial charge in [-0.15, -0.1) is 0 Å². The minimum absolute atomic E-state index is 0.0197. The summed E-state index contributed by atoms with van der Waals surface area (Å²) in [4.78, 5) is 2.49. The topological polar surface area (TPSA) is 60.4 Å². The lowest BCUT2D eigenvalue weighted by molar-refractivity contribution is 0.151. The van der Waals surface area contributed by atoms with E-state index in [1.807, 2.05) is 6.07 Å². The fourth-order valence-corrected chi connectivity index (χ4v) is 4.40. The van der Waals surface area contributed by atoms with E-state index in [1.54, 1.807) is 21.3 Å². The van der Waals surface area contributed by atoms with Crippen molar-refractivity contribution in [2.75, 3.05) is 41.1 Å². The molecule has 2 aliphatic rings. The van der Waals surface area contributed by atoms with Crippen molar-refractivity contribution < 1.29 is 24.1 Å². The SMILES string of the molecule is COc1cc2c(cc1OC)[C@@H]1Cc3ccc(OC)c(OCCO)c3CN1CC2. The fraction of sp³-hybridized carbons (Fsp3) is 0.455. The lowest BCUT2D eigenvalue weighted by atomic mass is 9.83. The van der Waals surface area contributed by atoms with Crippen LogP contribution in [0, 0.1) is 0 Å². The highest BCUT2D eigenvalue weighted by Crippen LogP contribution is 2.45. The van der Waals surface area contributed by atoms with Crippen molar-refractivity contribution in [3.05, 3.63) is 46.5 Å². The largest absolute Gasteiger partial charge is 0.493 e. The summed E-state index contributed by atoms with van der Waals surface area (Å²) in [5.41, 5.74) is 5.06. The molecule has 2 aromatic carbocycles. The van der Waals surface area contributed by atoms with E-state index in [4.69, 9.17) is 18.9 Å². The molecule has 0 amide bonds. The number of benzene rings is 2. The minimum atomic E-state index is -0.0197. The van der Waals surface area contributed by atoms with E-state index < -0.39 is 0 Å². The quantitative estimate of drug-likeness (QED) is 0.825. The number of aliphatic hydroxyl groups excluding tert-OH is 1. The zero-order chi connectivity index (χ0) is 19.7. The van der Waals surface area contributed by atoms with Gasteiger partial charge in [0, 0.05) is 24.7 Å². The monoisotopic (exact) mass is 385 g/mol. The van der Waals surface area contributed by atoms with Gasteiger partial charge < -0.3 is 24.1 Å². The highest BCUT2D eigenvalue weighted by atomic mass is 16.5. The molecule has 28 heavy (non-hydrogen) atoms. The Morgan fingerprint density at radius 3 is 2.46 bits per heavy atom. The van der Waals surface area contributed by atoms with Crippen LogP contribution in [0.1, 0.15) is 28.3 Å². The molecule has 0 unspecified atom stereocenters. The third kappa shape index (κ3) is 3.16. The van der Waals surface area contributed by atoms with E-state index in [0.29, 0.717) is 6.04 Å². The maximum atomic E-state index is 9.19. The molecular weight excluding hydrogens is 358 g/mol. The Hall–Kier alpha value is -2.44. The molecule has 2 aliphatic heterocycles. The van der Waals surface area contributed by atoms with Gasteiger partial charge in [-0.3, -0.25) is 4.90 Å². The van der Waals surface area contributed by atoms with Crippen LogP contribution in [0.3, 0.4) is 0 Å². The molecule has 0 spiro atoms. The van der Waals surface area contributed by atoms with Gasteiger partial charge >= 0.3 is 0 Å². The summed E-state index contributed by atoms with van der Waals surface area (Å²) in [6.07, 6.45) is 1.87. The Labute approximate surface area is 165 Å². The smallest absolute Gasteiger partial charge is 0.166 e. The summed E-state index contributed by atoms with van der Waals surface area (Å²) in [6.45, 7) is 2.01. The average Bonchev–Trinajstić information content (AvgIpc) is 2.74. The van der Waals surface area contributed by atoms with Gasteiger partial charge in [-0.1, -0.05) is 6.07 Å². The van der Waals surface area contributed by atoms with Crippen LogP contribution in [0.2, 0.25) is 0 Å². The Bertz CT molecular complexity index is 866. The number of fused-ring (bicyclic) bond motifs is 4. The molecule has 0 aliphatic carbocycles. The molecule has 0 saturated heterocycles. The molecule has 0 saturated carbocycles. The number of hydrogen-bond donors (Lipinski definition) is 1. The average molecular weight is 385 g/mol. The number of rotatable bonds is 6. The van der Waals surface area contributed by atoms with Crippen molar-refractivity contribution >= 4 is 0 Å². The third-order valence-electron chi connectivity index (χ3n) is 5.77. The second-order valence-electron chi connectivity index (χ2n) is 7.15. The van der Waals surface area contributed by atoms with Gasteiger partial charge in [-0.05, 0) is 47.7 Å². The summed E-state index contributed by atoms with van der Waals surface area (Å²) >= 11 is 0. The first-order valence-corrected chi connectivity index (χ1v) is 9.61. The van der Waals surface area contributed by atoms with Gasteiger partial charge in [0.2, 0.25) is 0 Å². The van der Waals surface area contributed by atoms with Gasteiger partial charge in [0.15, 0.2) is 23.0 Å². The predicted octanol–water partition coefficient (Wildman–Crippen LogP) is 2.74. The van der Waals surface area contributed by atoms with Crippen molar-refractivity contribution in [3.63, 3.8) is 0 Å². The Kier molecular flexibility index (Phi) is 5.33. The van der Waals surface area contributed by atoms with Crippen LogP contribution in [-0.4, -0.2) is 51.1 Å². The van der Waals surface area contributed by atoms with Crippen LogP contribution in [0.5, 0.6) is 23.0 Å². The molecule has 0 radical (unpaired) electrons. The van der Waals surface area contributed by atoms with Crippen LogP contribution in [0.15, 0.2) is 24.3 Å². The van der Waals surface area contributed by atoms with E-state index in [-0.39, 0.29) is 13.2 Å². The standard InChI is InChI=1S/C22H27NO5/c1-25-19-5-4-14-10-18-16-12-21(27-3)20(26-2)11-15(16)6-7-23(18)13-17(14)22(19)28-9-8-24/h4-5,11-12,18,24H,6-10,13H2,1-3H3/t18-/m0/s1. The van der Waals surface area contributed by atoms with Crippen LogP contribution in [0.4, 0.5) is 0 Å². The number of aliphatic hydroxyl groups is 1. The molecule has 0 bridgehead atoms. The Morgan fingerprint density at radius 1 is 1.00 bits per heavy atom. The normalized spacial score (nSPS) is 17.9. The van der Waals surface area contributed by atoms with E-state index in [1.165, 1.54) is 16.7 Å². The number of methoxy groups -OCH3 is 3. The van der Waals surface area contributed by atoms with Gasteiger partial charge in [0.25, 0.3) is 0 Å². The molecule has 1 atom stereocenters. The molecule has 0 aromatic heterocycles. The van der Waals surface area contributed by atoms with Gasteiger partial charge in [-0.2, -0.15) is 0 Å². The lowest BCUT2D eigenvalue weighted by Gasteiger charge is -2.42. The maximum absolute atomic E-state index is 9.19. The predicted molar refractivity (Wildman–Crippen MR) is 106 cm³/mol. The molecule has 150 valence electrons. The van der Waals surface area contributed by atoms with Crippen LogP contribution >= 0.6 is 0 Å². The molecule has 2 heterocycles. The van der Waals surface area contributed by atoms with E-state index in [2.05, 4.69) is 23.1 Å². The number of ether oxygens (including phenoxy) is 4. The summed E-state index contributed by atoms with van der Waals surface area (Å²) in [7, 11) is 5.01. The molecule has 6 heteroatoms. The molecule has 6 nitrogen and oxygen atoms in total. The molecule has 4 rings (SSSR count). The molecule has 1 N–H and O–H groups in total. The second kappa shape index (κ2) is 7.89. The summed E-state index contributed by atoms with van der Waals surface area (Å²) in [5.74, 6) is 3.03. The molecular formula is C22H27NO5. The zero-order valence-electron chi connectivity index (χ0n) is 16.7. The number of hydrogen-bond acceptors (Lipinski definition) is 6. The van der Waals surface area contributed by atoms with Crippen molar-refractivity contribution in [1.82, 2.24) is 4.90 Å². The third-order valence-corrected chi connectivity index (χ3v) is 5.77. The summed E-state index contributed by atoms with van der Waals surface area (Å²) in [6, 6.07) is 8.63. The van der Waals surface area contributed by atoms with E-state index in [0.717, 1.165) is 54.5 Å². The van der Waals surface area contributed by atoms with Gasteiger partial charge in [0.1, 0.15) is 6.61 Å². The highest BCUT2D eigenvalue weighted by Gasteiger charge is 2.35. The second-order valence-corrected chi connectivity index (χ2v) is 7.15. The Balaban J connectivity index is 1.73. The Morgan fingerprint density at radius 2 is 1.75 bits per heavy atom. The first-order chi connectivity index (χ1) is 13.7. The molecule has 0 fully saturated rings. The molecule has 2 aromatic rings. The van der Waals surface area contributed by atoms with Crippen LogP contribution < -0.4 is 18.9 Å². The minimum Gasteiger partial charge on any atom is -0.493 e. The zero-order valence-corrected chi connectivity index (χ0v) is 16.7. The summed E-state index contributed by atoms with van der Waals surface area (Å²) in [5, 5.41) is 9.19. The highest BCUT2D eigenvalue weighted by molar-refractivity contribution is 5.54. The lowest BCUT2D eigenvalue weighted by Crippen LogP contribution is -2.39. The van der Waals surface area contributed by atoms with Gasteiger partial charge in [-0.25, -0.2) is 0 Å². The van der Waals surface area contributed by atoms with Crippen molar-refractivity contribution in [2.45, 2.75) is 25.4 Å². The fourth-order valence-electron chi connectivity index (χ4n) is 4.40. The van der Waals surface area contributed by atoms with Crippen LogP contribution in [0.25, 0.3) is 0 Å². The first kappa shape index (κ1) is 18.9. The first-order valence-electron chi connectivity index (χ1n) is 9.61. The van der Waals surface area contributed by atoms with Crippen LogP contribution in [-0.2, 0) is 19.4 Å². The van der Waals surface area contributed by atoms with Crippen molar-refractivity contribution in [3.8, 4) is 23.0 Å². The van der Waals surface area contributed by atoms with E-state index in [9.17, 15) is 5.11 Å². The van der Waals surface area contributed by atoms with Crippen molar-refractivity contribution in [2.24, 2.45) is 0 Å². The summed E-state index contributed by atoms with van der Waals surface area (Å²) < 4.78 is 22.4. The van der Waals surface area contributed by atoms with E-state index >= 15 is 0 Å². The van der Waals surface area contributed by atoms with Crippen molar-refractivity contribution in [1.29, 1.82) is 0 Å². The number of nitrogens with zero attached hydrogens (tertiary/aromatic N) is 1. The maximum Gasteiger partial charge on any atom is 0.166 e.